The van der Waals surface area contributed by atoms with Crippen molar-refractivity contribution in [3.8, 4) is 0 Å². The molecular weight excluding hydrogens is 207 g/mol. The Morgan fingerprint density at radius 3 is 2.50 bits per heavy atom. The van der Waals surface area contributed by atoms with Crippen molar-refractivity contribution >= 4 is 15.9 Å². The second-order valence-electron chi connectivity index (χ2n) is 0.981. The Labute approximate surface area is 67.7 Å². The van der Waals surface area contributed by atoms with Gasteiger partial charge in [0.2, 0.25) is 0 Å². The smallest absolute Gasteiger partial charge is 0 e. The predicted molar refractivity (Wildman–Crippen MR) is 28.6 cm³/mol. The largest absolute Gasteiger partial charge is 0.257 e. The standard InChI is InChI=1S/C4H2BrN2.V/c5-4-1-2-6-7-3-4;/h2-3H;/q-1;. The van der Waals surface area contributed by atoms with E-state index in [0.717, 1.165) is 4.47 Å². The number of halogens is 1. The van der Waals surface area contributed by atoms with Crippen LogP contribution in [-0.4, -0.2) is 10.2 Å². The Morgan fingerprint density at radius 1 is 1.50 bits per heavy atom. The van der Waals surface area contributed by atoms with Crippen LogP contribution in [0.25, 0.3) is 0 Å². The van der Waals surface area contributed by atoms with Gasteiger partial charge in [0.25, 0.3) is 0 Å². The van der Waals surface area contributed by atoms with Crippen molar-refractivity contribution in [2.24, 2.45) is 0 Å². The SMILES string of the molecule is Brc1[c-]cnnc1.[V]. The van der Waals surface area contributed by atoms with Crippen molar-refractivity contribution in [1.29, 1.82) is 0 Å². The third kappa shape index (κ3) is 2.45. The molecule has 0 saturated carbocycles. The summed E-state index contributed by atoms with van der Waals surface area (Å²) in [5.41, 5.74) is 0. The van der Waals surface area contributed by atoms with E-state index in [2.05, 4.69) is 32.2 Å². The summed E-state index contributed by atoms with van der Waals surface area (Å²) in [7, 11) is 0. The first-order valence-corrected chi connectivity index (χ1v) is 2.53. The molecule has 0 unspecified atom stereocenters. The first-order valence-electron chi connectivity index (χ1n) is 1.73. The molecule has 0 fully saturated rings. The number of rotatable bonds is 0. The monoisotopic (exact) mass is 208 g/mol. The van der Waals surface area contributed by atoms with Crippen LogP contribution in [0.1, 0.15) is 0 Å². The second kappa shape index (κ2) is 4.07. The third-order valence-corrected chi connectivity index (χ3v) is 0.932. The molecule has 1 rings (SSSR count). The minimum atomic E-state index is 0. The van der Waals surface area contributed by atoms with Crippen LogP contribution in [0.15, 0.2) is 16.9 Å². The molecule has 0 spiro atoms. The average Bonchev–Trinajstić information content (AvgIpc) is 1.69. The summed E-state index contributed by atoms with van der Waals surface area (Å²) in [6.45, 7) is 0. The van der Waals surface area contributed by atoms with E-state index in [1.807, 2.05) is 0 Å². The molecule has 8 heavy (non-hydrogen) atoms. The maximum Gasteiger partial charge on any atom is 0 e. The van der Waals surface area contributed by atoms with Gasteiger partial charge in [0.15, 0.2) is 0 Å². The fraction of sp³-hybridized carbons (Fsp3) is 0. The molecule has 1 radical (unpaired) electrons. The molecule has 0 aliphatic heterocycles. The Morgan fingerprint density at radius 2 is 2.25 bits per heavy atom. The first-order chi connectivity index (χ1) is 3.39. The fourth-order valence-electron chi connectivity index (χ4n) is 0.245. The molecule has 41 valence electrons. The Hall–Kier alpha value is 0.144. The summed E-state index contributed by atoms with van der Waals surface area (Å²) >= 11 is 3.15. The summed E-state index contributed by atoms with van der Waals surface area (Å²) in [6.07, 6.45) is 3.09. The average molecular weight is 209 g/mol. The van der Waals surface area contributed by atoms with Crippen molar-refractivity contribution < 1.29 is 18.6 Å². The van der Waals surface area contributed by atoms with Crippen LogP contribution in [0.3, 0.4) is 0 Å². The molecule has 1 aromatic heterocycles. The van der Waals surface area contributed by atoms with E-state index in [1.165, 1.54) is 6.20 Å². The van der Waals surface area contributed by atoms with E-state index in [1.54, 1.807) is 6.20 Å². The van der Waals surface area contributed by atoms with Gasteiger partial charge in [0, 0.05) is 18.6 Å². The van der Waals surface area contributed by atoms with E-state index in [9.17, 15) is 0 Å². The first kappa shape index (κ1) is 8.14. The van der Waals surface area contributed by atoms with Gasteiger partial charge in [-0.05, 0) is 6.20 Å². The molecular formula is C4H2BrN2V-. The Balaban J connectivity index is 0.000000490. The summed E-state index contributed by atoms with van der Waals surface area (Å²) in [6, 6.07) is 2.77. The molecule has 0 aliphatic carbocycles. The van der Waals surface area contributed by atoms with Crippen LogP contribution in [0.5, 0.6) is 0 Å². The quantitative estimate of drug-likeness (QED) is 0.596. The summed E-state index contributed by atoms with van der Waals surface area (Å²) in [5.74, 6) is 0. The molecule has 0 amide bonds. The molecule has 1 aromatic rings. The third-order valence-electron chi connectivity index (χ3n) is 0.498. The normalized spacial score (nSPS) is 7.62. The maximum atomic E-state index is 3.56. The summed E-state index contributed by atoms with van der Waals surface area (Å²) in [4.78, 5) is 0. The maximum absolute atomic E-state index is 3.56. The van der Waals surface area contributed by atoms with Gasteiger partial charge in [-0.2, -0.15) is 5.10 Å². The number of aromatic nitrogens is 2. The van der Waals surface area contributed by atoms with Gasteiger partial charge in [0.05, 0.1) is 0 Å². The summed E-state index contributed by atoms with van der Waals surface area (Å²) in [5, 5.41) is 7.07. The zero-order chi connectivity index (χ0) is 5.11. The fourth-order valence-corrected chi connectivity index (χ4v) is 0.439. The Kier molecular flexibility index (Phi) is 4.14. The molecule has 0 aromatic carbocycles. The molecule has 0 bridgehead atoms. The minimum Gasteiger partial charge on any atom is -0.257 e. The minimum absolute atomic E-state index is 0. The van der Waals surface area contributed by atoms with Gasteiger partial charge in [-0.1, -0.05) is 22.1 Å². The van der Waals surface area contributed by atoms with Crippen molar-refractivity contribution in [1.82, 2.24) is 10.2 Å². The van der Waals surface area contributed by atoms with E-state index in [0.29, 0.717) is 0 Å². The van der Waals surface area contributed by atoms with E-state index >= 15 is 0 Å². The van der Waals surface area contributed by atoms with E-state index < -0.39 is 0 Å². The zero-order valence-corrected chi connectivity index (χ0v) is 6.86. The second-order valence-corrected chi connectivity index (χ2v) is 1.84. The van der Waals surface area contributed by atoms with Crippen LogP contribution in [0.2, 0.25) is 0 Å². The molecule has 1 heterocycles. The van der Waals surface area contributed by atoms with Gasteiger partial charge >= 0.3 is 0 Å². The van der Waals surface area contributed by atoms with Crippen molar-refractivity contribution in [3.05, 3.63) is 22.9 Å². The molecule has 4 heteroatoms. The van der Waals surface area contributed by atoms with Gasteiger partial charge in [-0.25, -0.2) is 6.07 Å². The van der Waals surface area contributed by atoms with Crippen molar-refractivity contribution in [3.63, 3.8) is 0 Å². The van der Waals surface area contributed by atoms with Gasteiger partial charge in [0.1, 0.15) is 0 Å². The molecule has 0 N–H and O–H groups in total. The van der Waals surface area contributed by atoms with Crippen LogP contribution < -0.4 is 0 Å². The van der Waals surface area contributed by atoms with Crippen LogP contribution in [-0.2, 0) is 18.6 Å². The number of hydrogen-bond donors (Lipinski definition) is 0. The van der Waals surface area contributed by atoms with Gasteiger partial charge < -0.3 is 0 Å². The number of nitrogens with zero attached hydrogens (tertiary/aromatic N) is 2. The molecule has 0 aliphatic rings. The molecule has 0 atom stereocenters. The van der Waals surface area contributed by atoms with E-state index in [4.69, 9.17) is 0 Å². The molecule has 2 nitrogen and oxygen atoms in total. The Bertz CT molecular complexity index is 144. The van der Waals surface area contributed by atoms with Crippen molar-refractivity contribution in [2.45, 2.75) is 0 Å². The van der Waals surface area contributed by atoms with Gasteiger partial charge in [-0.3, -0.25) is 5.10 Å². The van der Waals surface area contributed by atoms with Crippen LogP contribution >= 0.6 is 15.9 Å². The predicted octanol–water partition coefficient (Wildman–Crippen LogP) is 1.04. The van der Waals surface area contributed by atoms with Crippen LogP contribution in [0, 0.1) is 6.07 Å². The van der Waals surface area contributed by atoms with E-state index in [-0.39, 0.29) is 18.6 Å². The topological polar surface area (TPSA) is 25.8 Å². The van der Waals surface area contributed by atoms with Gasteiger partial charge in [-0.15, -0.1) is 4.47 Å². The molecule has 0 saturated heterocycles. The van der Waals surface area contributed by atoms with Crippen LogP contribution in [0.4, 0.5) is 0 Å². The van der Waals surface area contributed by atoms with Crippen molar-refractivity contribution in [2.75, 3.05) is 0 Å². The zero-order valence-electron chi connectivity index (χ0n) is 3.87. The summed E-state index contributed by atoms with van der Waals surface area (Å²) < 4.78 is 0.836. The number of hydrogen-bond acceptors (Lipinski definition) is 2.